The average Bonchev–Trinajstić information content (AvgIpc) is 3.01. The maximum atomic E-state index is 15.0. The first-order chi connectivity index (χ1) is 25.2. The lowest BCUT2D eigenvalue weighted by atomic mass is 9.87. The molecule has 0 N–H and O–H groups in total. The molecule has 0 bridgehead atoms. The SMILES string of the molecule is O=c1oc2c(C(F)(F)C(F)(F)C(F)(F)C(F)(F)Cl)cc(C(F)(F)C(F)(F)C(F)(F)C(F)(F)Cl)cc2cc1C(F)(F)C(F)(F)C(F)(F)C(F)(F)C(F)(F)C(F)(F)C(F)(F)F. The third-order valence-corrected chi connectivity index (χ3v) is 7.96. The van der Waals surface area contributed by atoms with E-state index in [-0.39, 0.29) is 0 Å². The van der Waals surface area contributed by atoms with E-state index >= 15 is 8.78 Å². The van der Waals surface area contributed by atoms with Gasteiger partial charge in [0.05, 0.1) is 5.56 Å². The molecular weight excluding hydrogens is 980 g/mol. The minimum absolute atomic E-state index is 1.66. The van der Waals surface area contributed by atoms with E-state index in [1.54, 1.807) is 0 Å². The van der Waals surface area contributed by atoms with Crippen LogP contribution in [-0.2, 0) is 17.8 Å². The zero-order chi connectivity index (χ0) is 47.8. The van der Waals surface area contributed by atoms with Crippen molar-refractivity contribution < 1.29 is 141 Å². The van der Waals surface area contributed by atoms with Crippen LogP contribution < -0.4 is 5.63 Å². The number of hydrogen-bond acceptors (Lipinski definition) is 2. The molecule has 1 aromatic heterocycles. The number of halogens is 33. The summed E-state index contributed by atoms with van der Waals surface area (Å²) in [7, 11) is 0. The summed E-state index contributed by atoms with van der Waals surface area (Å²) in [5.41, 5.74) is -19.6. The van der Waals surface area contributed by atoms with Crippen molar-refractivity contribution in [1.82, 2.24) is 0 Å². The molecule has 35 heteroatoms. The fraction of sp³-hybridized carbons (Fsp3) is 0.625. The van der Waals surface area contributed by atoms with Crippen molar-refractivity contribution >= 4 is 34.2 Å². The predicted octanol–water partition coefficient (Wildman–Crippen LogP) is 13.0. The van der Waals surface area contributed by atoms with Crippen molar-refractivity contribution in [3.05, 3.63) is 45.3 Å². The first kappa shape index (κ1) is 52.0. The molecule has 0 unspecified atom stereocenters. The van der Waals surface area contributed by atoms with Gasteiger partial charge >= 0.3 is 93.6 Å². The molecule has 59 heavy (non-hydrogen) atoms. The van der Waals surface area contributed by atoms with Crippen LogP contribution in [0.15, 0.2) is 27.4 Å². The predicted molar refractivity (Wildman–Crippen MR) is 126 cm³/mol. The lowest BCUT2D eigenvalue weighted by molar-refractivity contribution is -0.453. The van der Waals surface area contributed by atoms with Crippen molar-refractivity contribution in [3.8, 4) is 0 Å². The molecule has 2 nitrogen and oxygen atoms in total. The number of rotatable bonds is 14. The minimum atomic E-state index is -9.16. The minimum Gasteiger partial charge on any atom is -0.422 e. The summed E-state index contributed by atoms with van der Waals surface area (Å²) in [5, 5.41) is -17.2. The first-order valence-corrected chi connectivity index (χ1v) is 13.8. The van der Waals surface area contributed by atoms with Crippen LogP contribution in [0.2, 0.25) is 0 Å². The van der Waals surface area contributed by atoms with Crippen LogP contribution in [-0.4, -0.2) is 70.2 Å². The summed E-state index contributed by atoms with van der Waals surface area (Å²) in [6.07, 6.45) is -8.16. The van der Waals surface area contributed by atoms with Gasteiger partial charge in [-0.3, -0.25) is 0 Å². The van der Waals surface area contributed by atoms with E-state index in [0.717, 1.165) is 0 Å². The summed E-state index contributed by atoms with van der Waals surface area (Å²) in [6, 6.07) is -5.69. The van der Waals surface area contributed by atoms with Crippen molar-refractivity contribution in [1.29, 1.82) is 0 Å². The third kappa shape index (κ3) is 6.73. The molecule has 0 aliphatic carbocycles. The van der Waals surface area contributed by atoms with Crippen LogP contribution in [0.1, 0.15) is 16.7 Å². The molecule has 1 aromatic carbocycles. The molecular formula is C24H3Cl2F31O2. The normalized spacial score (nSPS) is 16.3. The molecule has 0 fully saturated rings. The van der Waals surface area contributed by atoms with Gasteiger partial charge in [-0.15, -0.1) is 0 Å². The van der Waals surface area contributed by atoms with E-state index in [4.69, 9.17) is 0 Å². The van der Waals surface area contributed by atoms with E-state index in [1.165, 1.54) is 0 Å². The van der Waals surface area contributed by atoms with Crippen molar-refractivity contribution in [3.63, 3.8) is 0 Å². The monoisotopic (exact) mass is 982 g/mol. The molecule has 1 heterocycles. The molecule has 0 spiro atoms. The highest BCUT2D eigenvalue weighted by Gasteiger charge is 2.94. The van der Waals surface area contributed by atoms with E-state index in [1.807, 2.05) is 0 Å². The molecule has 0 saturated carbocycles. The fourth-order valence-electron chi connectivity index (χ4n) is 4.10. The third-order valence-electron chi connectivity index (χ3n) is 7.49. The van der Waals surface area contributed by atoms with E-state index < -0.39 is 139 Å². The van der Waals surface area contributed by atoms with Gasteiger partial charge in [-0.05, 0) is 41.4 Å². The highest BCUT2D eigenvalue weighted by molar-refractivity contribution is 6.22. The van der Waals surface area contributed by atoms with E-state index in [0.29, 0.717) is 0 Å². The zero-order valence-electron chi connectivity index (χ0n) is 25.5. The van der Waals surface area contributed by atoms with Gasteiger partial charge in [-0.2, -0.15) is 136 Å². The molecule has 0 amide bonds. The molecule has 0 saturated heterocycles. The Labute approximate surface area is 308 Å². The second-order valence-electron chi connectivity index (χ2n) is 11.3. The van der Waals surface area contributed by atoms with Crippen LogP contribution in [0.3, 0.4) is 0 Å². The summed E-state index contributed by atoms with van der Waals surface area (Å²) in [5.74, 6) is -100. The van der Waals surface area contributed by atoms with Gasteiger partial charge in [-0.1, -0.05) is 0 Å². The standard InChI is InChI=1S/C24H3Cl2F31O2/c25-22(51,52)19(45,46)13(33,34)10(27,28)5-1-4-2-7(9(58)59-8(4)6(3-5)11(29,30)15(37,38)20(47,48)23(26,53)54)12(31,32)14(35,36)16(39,40)17(41,42)18(43,44)21(49,50)24(55,56)57/h1-3H. The Hall–Kier alpha value is -3.16. The molecule has 0 atom stereocenters. The number of alkyl halides is 33. The first-order valence-electron chi connectivity index (χ1n) is 13.1. The Bertz CT molecular complexity index is 1980. The van der Waals surface area contributed by atoms with Crippen LogP contribution in [0.5, 0.6) is 0 Å². The second-order valence-corrected chi connectivity index (χ2v) is 12.2. The quantitative estimate of drug-likeness (QED) is 0.107. The molecule has 342 valence electrons. The molecule has 0 radical (unpaired) electrons. The molecule has 0 aliphatic rings. The van der Waals surface area contributed by atoms with Gasteiger partial charge in [0.25, 0.3) is 0 Å². The highest BCUT2D eigenvalue weighted by Crippen LogP contribution is 2.65. The van der Waals surface area contributed by atoms with E-state index in [2.05, 4.69) is 27.6 Å². The van der Waals surface area contributed by atoms with Crippen molar-refractivity contribution in [2.45, 2.75) is 88.0 Å². The summed E-state index contributed by atoms with van der Waals surface area (Å²) in [4.78, 5) is 12.1. The highest BCUT2D eigenvalue weighted by atomic mass is 35.5. The Morgan fingerprint density at radius 2 is 0.661 bits per heavy atom. The maximum absolute atomic E-state index is 15.0. The zero-order valence-corrected chi connectivity index (χ0v) is 27.0. The second kappa shape index (κ2) is 13.4. The summed E-state index contributed by atoms with van der Waals surface area (Å²) < 4.78 is 433. The topological polar surface area (TPSA) is 30.2 Å². The molecule has 2 aromatic rings. The van der Waals surface area contributed by atoms with Gasteiger partial charge in [0.15, 0.2) is 0 Å². The van der Waals surface area contributed by atoms with Gasteiger partial charge in [-0.25, -0.2) is 4.79 Å². The van der Waals surface area contributed by atoms with Gasteiger partial charge in [0, 0.05) is 10.9 Å². The Kier molecular flexibility index (Phi) is 11.8. The van der Waals surface area contributed by atoms with Gasteiger partial charge in [0.2, 0.25) is 0 Å². The fourth-order valence-corrected chi connectivity index (χ4v) is 4.34. The van der Waals surface area contributed by atoms with E-state index in [9.17, 15) is 132 Å². The maximum Gasteiger partial charge on any atom is 0.460 e. The summed E-state index contributed by atoms with van der Waals surface area (Å²) in [6.45, 7) is 0. The van der Waals surface area contributed by atoms with Crippen molar-refractivity contribution in [2.24, 2.45) is 0 Å². The average molecular weight is 983 g/mol. The van der Waals surface area contributed by atoms with Crippen molar-refractivity contribution in [2.75, 3.05) is 0 Å². The van der Waals surface area contributed by atoms with Crippen LogP contribution in [0.4, 0.5) is 136 Å². The summed E-state index contributed by atoms with van der Waals surface area (Å²) >= 11 is 7.18. The largest absolute Gasteiger partial charge is 0.460 e. The lowest BCUT2D eigenvalue weighted by Crippen LogP contribution is -2.72. The Balaban J connectivity index is 3.28. The molecule has 0 aliphatic heterocycles. The van der Waals surface area contributed by atoms with Gasteiger partial charge in [0.1, 0.15) is 11.1 Å². The Morgan fingerprint density at radius 3 is 1.02 bits per heavy atom. The number of hydrogen-bond donors (Lipinski definition) is 0. The van der Waals surface area contributed by atoms with Gasteiger partial charge < -0.3 is 4.42 Å². The van der Waals surface area contributed by atoms with Crippen LogP contribution in [0.25, 0.3) is 11.0 Å². The smallest absolute Gasteiger partial charge is 0.422 e. The Morgan fingerprint density at radius 1 is 0.356 bits per heavy atom. The molecule has 2 rings (SSSR count). The number of fused-ring (bicyclic) bond motifs is 1. The number of benzene rings is 1. The lowest BCUT2D eigenvalue weighted by Gasteiger charge is -2.41. The van der Waals surface area contributed by atoms with Crippen LogP contribution >= 0.6 is 23.2 Å². The van der Waals surface area contributed by atoms with Crippen LogP contribution in [0, 0.1) is 0 Å².